The summed E-state index contributed by atoms with van der Waals surface area (Å²) in [6.45, 7) is 2.14. The summed E-state index contributed by atoms with van der Waals surface area (Å²) in [4.78, 5) is 10.8. The lowest BCUT2D eigenvalue weighted by Gasteiger charge is -2.19. The summed E-state index contributed by atoms with van der Waals surface area (Å²) in [5.41, 5.74) is 2.31. The van der Waals surface area contributed by atoms with Crippen molar-refractivity contribution < 1.29 is 25.0 Å². The third-order valence-corrected chi connectivity index (χ3v) is 3.29. The molecule has 6 nitrogen and oxygen atoms in total. The van der Waals surface area contributed by atoms with Crippen molar-refractivity contribution in [2.75, 3.05) is 13.2 Å². The molecule has 0 fully saturated rings. The SMILES string of the molecule is C[C@H](CC/C=C/C(=O)NO)[C@H](O)c1ccc(OCCO)cc1. The van der Waals surface area contributed by atoms with Crippen LogP contribution in [0.15, 0.2) is 36.4 Å². The highest BCUT2D eigenvalue weighted by atomic mass is 16.5. The van der Waals surface area contributed by atoms with Crippen LogP contribution in [0.3, 0.4) is 0 Å². The van der Waals surface area contributed by atoms with E-state index in [0.717, 1.165) is 5.56 Å². The molecule has 0 unspecified atom stereocenters. The molecule has 22 heavy (non-hydrogen) atoms. The Bertz CT molecular complexity index is 472. The minimum Gasteiger partial charge on any atom is -0.491 e. The fourth-order valence-electron chi connectivity index (χ4n) is 2.00. The van der Waals surface area contributed by atoms with Crippen molar-refractivity contribution >= 4 is 5.91 Å². The van der Waals surface area contributed by atoms with Gasteiger partial charge >= 0.3 is 0 Å². The number of aliphatic hydroxyl groups is 2. The van der Waals surface area contributed by atoms with Gasteiger partial charge in [0.05, 0.1) is 12.7 Å². The van der Waals surface area contributed by atoms with Crippen LogP contribution in [0.1, 0.15) is 31.4 Å². The number of aliphatic hydroxyl groups excluding tert-OH is 2. The standard InChI is InChI=1S/C16H23NO5/c1-12(4-2-3-5-15(19)17-21)16(20)13-6-8-14(9-7-13)22-11-10-18/h3,5-9,12,16,18,20-21H,2,4,10-11H2,1H3,(H,17,19)/b5-3+/t12-,16+/m1/s1. The van der Waals surface area contributed by atoms with Gasteiger partial charge in [-0.3, -0.25) is 10.0 Å². The fraction of sp³-hybridized carbons (Fsp3) is 0.438. The van der Waals surface area contributed by atoms with Crippen molar-refractivity contribution in [2.24, 2.45) is 5.92 Å². The minimum absolute atomic E-state index is 0.0195. The van der Waals surface area contributed by atoms with Gasteiger partial charge in [-0.2, -0.15) is 0 Å². The summed E-state index contributed by atoms with van der Waals surface area (Å²) < 4.78 is 5.26. The maximum absolute atomic E-state index is 10.8. The van der Waals surface area contributed by atoms with Crippen LogP contribution in [-0.2, 0) is 4.79 Å². The summed E-state index contributed by atoms with van der Waals surface area (Å²) in [5.74, 6) is 0.105. The predicted octanol–water partition coefficient (Wildman–Crippen LogP) is 1.57. The summed E-state index contributed by atoms with van der Waals surface area (Å²) >= 11 is 0. The van der Waals surface area contributed by atoms with E-state index < -0.39 is 12.0 Å². The van der Waals surface area contributed by atoms with Gasteiger partial charge in [-0.25, -0.2) is 5.48 Å². The monoisotopic (exact) mass is 309 g/mol. The molecule has 1 aromatic carbocycles. The molecule has 0 radical (unpaired) electrons. The Morgan fingerprint density at radius 2 is 2.05 bits per heavy atom. The highest BCUT2D eigenvalue weighted by Gasteiger charge is 2.15. The third kappa shape index (κ3) is 6.26. The summed E-state index contributed by atoms with van der Waals surface area (Å²) in [6.07, 6.45) is 3.64. The van der Waals surface area contributed by atoms with Crippen LogP contribution in [0, 0.1) is 5.92 Å². The quantitative estimate of drug-likeness (QED) is 0.315. The molecule has 2 atom stereocenters. The minimum atomic E-state index is -0.605. The number of benzene rings is 1. The normalized spacial score (nSPS) is 13.8. The molecule has 0 bridgehead atoms. The number of hydrogen-bond acceptors (Lipinski definition) is 5. The smallest absolute Gasteiger partial charge is 0.267 e. The second-order valence-electron chi connectivity index (χ2n) is 5.02. The van der Waals surface area contributed by atoms with E-state index in [2.05, 4.69) is 0 Å². The maximum Gasteiger partial charge on any atom is 0.267 e. The van der Waals surface area contributed by atoms with E-state index in [9.17, 15) is 9.90 Å². The van der Waals surface area contributed by atoms with E-state index in [0.29, 0.717) is 18.6 Å². The second-order valence-corrected chi connectivity index (χ2v) is 5.02. The topological polar surface area (TPSA) is 99.0 Å². The molecular formula is C16H23NO5. The summed E-state index contributed by atoms with van der Waals surface area (Å²) in [6, 6.07) is 7.10. The first-order valence-corrected chi connectivity index (χ1v) is 7.20. The fourth-order valence-corrected chi connectivity index (χ4v) is 2.00. The molecule has 122 valence electrons. The van der Waals surface area contributed by atoms with E-state index in [1.807, 2.05) is 6.92 Å². The summed E-state index contributed by atoms with van der Waals surface area (Å²) in [5, 5.41) is 27.3. The molecule has 6 heteroatoms. The van der Waals surface area contributed by atoms with Crippen molar-refractivity contribution in [1.82, 2.24) is 5.48 Å². The maximum atomic E-state index is 10.8. The molecule has 0 saturated carbocycles. The lowest BCUT2D eigenvalue weighted by atomic mass is 9.93. The third-order valence-electron chi connectivity index (χ3n) is 3.29. The van der Waals surface area contributed by atoms with Crippen LogP contribution >= 0.6 is 0 Å². The van der Waals surface area contributed by atoms with Crippen LogP contribution in [0.4, 0.5) is 0 Å². The van der Waals surface area contributed by atoms with Gasteiger partial charge in [0.2, 0.25) is 0 Å². The Hall–Kier alpha value is -1.89. The van der Waals surface area contributed by atoms with Gasteiger partial charge in [-0.1, -0.05) is 25.1 Å². The molecule has 0 heterocycles. The first kappa shape index (κ1) is 18.2. The number of hydrogen-bond donors (Lipinski definition) is 4. The van der Waals surface area contributed by atoms with Gasteiger partial charge in [-0.15, -0.1) is 0 Å². The Labute approximate surface area is 130 Å². The Morgan fingerprint density at radius 3 is 2.64 bits per heavy atom. The average Bonchev–Trinajstić information content (AvgIpc) is 2.56. The van der Waals surface area contributed by atoms with Crippen LogP contribution in [0.5, 0.6) is 5.75 Å². The lowest BCUT2D eigenvalue weighted by molar-refractivity contribution is -0.124. The van der Waals surface area contributed by atoms with E-state index >= 15 is 0 Å². The van der Waals surface area contributed by atoms with Gasteiger partial charge in [0, 0.05) is 6.08 Å². The van der Waals surface area contributed by atoms with Crippen LogP contribution < -0.4 is 10.2 Å². The van der Waals surface area contributed by atoms with Gasteiger partial charge in [-0.05, 0) is 36.5 Å². The zero-order chi connectivity index (χ0) is 16.4. The highest BCUT2D eigenvalue weighted by Crippen LogP contribution is 2.26. The molecule has 1 aromatic rings. The summed E-state index contributed by atoms with van der Waals surface area (Å²) in [7, 11) is 0. The molecule has 0 aliphatic rings. The van der Waals surface area contributed by atoms with E-state index in [4.69, 9.17) is 15.1 Å². The van der Waals surface area contributed by atoms with E-state index in [-0.39, 0.29) is 19.1 Å². The van der Waals surface area contributed by atoms with Crippen LogP contribution in [0.25, 0.3) is 0 Å². The molecule has 0 aromatic heterocycles. The number of amides is 1. The second kappa shape index (κ2) is 9.94. The highest BCUT2D eigenvalue weighted by molar-refractivity contribution is 5.86. The van der Waals surface area contributed by atoms with E-state index in [1.54, 1.807) is 30.3 Å². The molecule has 1 rings (SSSR count). The molecule has 0 aliphatic carbocycles. The van der Waals surface area contributed by atoms with Gasteiger partial charge < -0.3 is 14.9 Å². The molecule has 0 aliphatic heterocycles. The molecule has 0 saturated heterocycles. The number of carbonyl (C=O) groups excluding carboxylic acids is 1. The largest absolute Gasteiger partial charge is 0.491 e. The zero-order valence-electron chi connectivity index (χ0n) is 12.6. The molecule has 1 amide bonds. The van der Waals surface area contributed by atoms with Crippen molar-refractivity contribution in [2.45, 2.75) is 25.9 Å². The number of rotatable bonds is 9. The van der Waals surface area contributed by atoms with Crippen molar-refractivity contribution in [3.63, 3.8) is 0 Å². The van der Waals surface area contributed by atoms with Gasteiger partial charge in [0.15, 0.2) is 0 Å². The Balaban J connectivity index is 2.46. The number of nitrogens with one attached hydrogen (secondary N) is 1. The number of allylic oxidation sites excluding steroid dienone is 1. The molecule has 4 N–H and O–H groups in total. The van der Waals surface area contributed by atoms with Gasteiger partial charge in [0.25, 0.3) is 5.91 Å². The first-order chi connectivity index (χ1) is 10.6. The average molecular weight is 309 g/mol. The lowest BCUT2D eigenvalue weighted by Crippen LogP contribution is -2.15. The van der Waals surface area contributed by atoms with Gasteiger partial charge in [0.1, 0.15) is 12.4 Å². The first-order valence-electron chi connectivity index (χ1n) is 7.20. The van der Waals surface area contributed by atoms with Crippen molar-refractivity contribution in [3.8, 4) is 5.75 Å². The van der Waals surface area contributed by atoms with Crippen LogP contribution in [-0.4, -0.2) is 34.5 Å². The zero-order valence-corrected chi connectivity index (χ0v) is 12.6. The molecular weight excluding hydrogens is 286 g/mol. The van der Waals surface area contributed by atoms with Crippen molar-refractivity contribution in [3.05, 3.63) is 42.0 Å². The van der Waals surface area contributed by atoms with Crippen LogP contribution in [0.2, 0.25) is 0 Å². The van der Waals surface area contributed by atoms with E-state index in [1.165, 1.54) is 11.6 Å². The van der Waals surface area contributed by atoms with Crippen molar-refractivity contribution in [1.29, 1.82) is 0 Å². The number of hydroxylamine groups is 1. The predicted molar refractivity (Wildman–Crippen MR) is 81.4 cm³/mol. The molecule has 0 spiro atoms. The number of ether oxygens (including phenoxy) is 1. The Kier molecular flexibility index (Phi) is 8.21. The Morgan fingerprint density at radius 1 is 1.36 bits per heavy atom. The number of carbonyl (C=O) groups is 1.